The number of hydrogen-bond donors (Lipinski definition) is 0. The third-order valence-electron chi connectivity index (χ3n) is 15.5. The van der Waals surface area contributed by atoms with E-state index in [0.717, 1.165) is 44.2 Å². The molecule has 2 aliphatic carbocycles. The number of halogens is 2. The van der Waals surface area contributed by atoms with E-state index in [0.29, 0.717) is 0 Å². The van der Waals surface area contributed by atoms with Gasteiger partial charge in [0.25, 0.3) is 0 Å². The Bertz CT molecular complexity index is 3320. The van der Waals surface area contributed by atoms with Crippen LogP contribution in [0.3, 0.4) is 0 Å². The first-order chi connectivity index (χ1) is 32.0. The molecule has 0 radical (unpaired) electrons. The van der Waals surface area contributed by atoms with Gasteiger partial charge < -0.3 is 0 Å². The van der Waals surface area contributed by atoms with Crippen molar-refractivity contribution in [1.82, 2.24) is 0 Å². The molecule has 2 atom stereocenters. The van der Waals surface area contributed by atoms with E-state index >= 15 is 0 Å². The molecule has 2 unspecified atom stereocenters. The fraction of sp³-hybridized carbons (Fsp3) is 0.267. The molecule has 2 nitrogen and oxygen atoms in total. The molecule has 346 valence electrons. The number of furan rings is 2. The predicted molar refractivity (Wildman–Crippen MR) is 301 cm³/mol. The maximum atomic E-state index is 9.31. The van der Waals surface area contributed by atoms with Crippen molar-refractivity contribution in [1.29, 1.82) is 0 Å². The minimum absolute atomic E-state index is 0.290. The molecule has 2 heterocycles. The average Bonchev–Trinajstić information content (AvgIpc) is 4.05. The average molecular weight is 1060 g/mol. The molecule has 10 rings (SSSR count). The summed E-state index contributed by atoms with van der Waals surface area (Å²) in [4.78, 5) is 0. The van der Waals surface area contributed by atoms with Gasteiger partial charge in [-0.15, -0.1) is 0 Å². The Morgan fingerprint density at radius 3 is 1.18 bits per heavy atom. The summed E-state index contributed by atoms with van der Waals surface area (Å²) in [5.74, 6) is 1.73. The van der Waals surface area contributed by atoms with E-state index < -0.39 is 36.6 Å². The molecule has 2 aromatic heterocycles. The van der Waals surface area contributed by atoms with Gasteiger partial charge in [-0.05, 0) is 0 Å². The summed E-state index contributed by atoms with van der Waals surface area (Å²) in [5.41, 5.74) is 18.5. The Kier molecular flexibility index (Phi) is 11.6. The molecule has 6 aromatic carbocycles. The molecule has 8 heteroatoms. The van der Waals surface area contributed by atoms with Crippen LogP contribution >= 0.6 is 17.0 Å². The second kappa shape index (κ2) is 16.5. The second-order valence-electron chi connectivity index (χ2n) is 22.5. The van der Waals surface area contributed by atoms with Crippen LogP contribution in [0.5, 0.6) is 0 Å². The van der Waals surface area contributed by atoms with Crippen molar-refractivity contribution in [3.63, 3.8) is 0 Å². The normalized spacial score (nSPS) is 16.4. The molecule has 68 heavy (non-hydrogen) atoms. The van der Waals surface area contributed by atoms with E-state index in [2.05, 4.69) is 203 Å². The van der Waals surface area contributed by atoms with Crippen molar-refractivity contribution < 1.29 is 23.8 Å². The zero-order valence-corrected chi connectivity index (χ0v) is 49.2. The van der Waals surface area contributed by atoms with Crippen LogP contribution in [0, 0.1) is 41.5 Å². The zero-order valence-electron chi connectivity index (χ0n) is 42.3. The Hall–Kier alpha value is -4.01. The third kappa shape index (κ3) is 7.28. The Balaban J connectivity index is 1.30. The molecule has 0 saturated heterocycles. The molecule has 8 aromatic rings. The van der Waals surface area contributed by atoms with Gasteiger partial charge in [0.05, 0.1) is 0 Å². The molecule has 0 saturated carbocycles. The summed E-state index contributed by atoms with van der Waals surface area (Å²) < 4.78 is 13.1. The summed E-state index contributed by atoms with van der Waals surface area (Å²) in [5, 5.41) is 7.38. The number of rotatable bonds is 8. The third-order valence-corrected chi connectivity index (χ3v) is 66.4. The van der Waals surface area contributed by atoms with Crippen molar-refractivity contribution in [2.75, 3.05) is 0 Å². The quantitative estimate of drug-likeness (QED) is 0.142. The minimum atomic E-state index is -5.63. The monoisotopic (exact) mass is 1060 g/mol. The van der Waals surface area contributed by atoms with Gasteiger partial charge in [-0.3, -0.25) is 0 Å². The van der Waals surface area contributed by atoms with Gasteiger partial charge in [0, 0.05) is 0 Å². The number of aryl methyl sites for hydroxylation is 6. The molecular formula is C60H64Cl2O2Si3Zr. The van der Waals surface area contributed by atoms with E-state index in [1.807, 2.05) is 12.5 Å². The van der Waals surface area contributed by atoms with Crippen LogP contribution in [0.1, 0.15) is 74.4 Å². The van der Waals surface area contributed by atoms with Crippen LogP contribution in [0.4, 0.5) is 0 Å². The number of hydrogen-bond acceptors (Lipinski definition) is 2. The maximum absolute atomic E-state index is 9.31. The SMILES string of the molecule is Cc1ccc2c(c1-c1cc(C)c([Si](C)(C)C)c(C)c1)C=C(c1occ3ccccc13)[CH]2[Zr]([Cl])([Cl])([CH]1C(c2occ3ccccc23)=Cc2c1ccc(C)c2-c1cc(C)c([Si](C)(C)C)c(C)c1)=[Si](C)C. The van der Waals surface area contributed by atoms with Crippen molar-refractivity contribution in [2.24, 2.45) is 0 Å². The molecular weight excluding hydrogens is 999 g/mol. The summed E-state index contributed by atoms with van der Waals surface area (Å²) in [7, 11) is 15.4. The topological polar surface area (TPSA) is 26.3 Å². The van der Waals surface area contributed by atoms with E-state index in [9.17, 15) is 17.0 Å². The van der Waals surface area contributed by atoms with E-state index in [1.54, 1.807) is 10.4 Å². The predicted octanol–water partition coefficient (Wildman–Crippen LogP) is 17.6. The number of allylic oxidation sites excluding steroid dienone is 2. The molecule has 2 aliphatic rings. The molecule has 0 fully saturated rings. The summed E-state index contributed by atoms with van der Waals surface area (Å²) in [6.07, 6.45) is 8.68. The van der Waals surface area contributed by atoms with Crippen molar-refractivity contribution in [2.45, 2.75) is 101 Å². The van der Waals surface area contributed by atoms with Gasteiger partial charge in [0.15, 0.2) is 0 Å². The van der Waals surface area contributed by atoms with Crippen LogP contribution in [-0.4, -0.2) is 21.6 Å². The van der Waals surface area contributed by atoms with Crippen molar-refractivity contribution in [3.05, 3.63) is 177 Å². The van der Waals surface area contributed by atoms with E-state index in [4.69, 9.17) is 8.83 Å². The van der Waals surface area contributed by atoms with Gasteiger partial charge in [0.2, 0.25) is 0 Å². The van der Waals surface area contributed by atoms with Gasteiger partial charge in [0.1, 0.15) is 0 Å². The first-order valence-corrected chi connectivity index (χ1v) is 46.6. The first kappa shape index (κ1) is 47.7. The number of benzene rings is 6. The Morgan fingerprint density at radius 2 is 0.838 bits per heavy atom. The fourth-order valence-electron chi connectivity index (χ4n) is 13.2. The van der Waals surface area contributed by atoms with Gasteiger partial charge in [-0.25, -0.2) is 0 Å². The van der Waals surface area contributed by atoms with Crippen molar-refractivity contribution in [3.8, 4) is 22.3 Å². The van der Waals surface area contributed by atoms with Crippen LogP contribution in [0.2, 0.25) is 52.4 Å². The molecule has 0 aliphatic heterocycles. The standard InChI is InChI=1S/2C29H29OSi.C2H6Si.2ClH.Zr/c2*1-18-11-12-21-15-24(28-25-10-8-7-9-22(25)17-30-28)16-26(21)27(18)23-13-19(2)29(20(3)14-23)31(4,5)6;1-3-2;;;/h2*7-17H,1-6H3;1-2H3;2*1H;/q;;;;;+2/p-2. The molecule has 0 bridgehead atoms. The zero-order chi connectivity index (χ0) is 48.6. The van der Waals surface area contributed by atoms with E-state index in [-0.39, 0.29) is 7.25 Å². The van der Waals surface area contributed by atoms with Crippen LogP contribution in [0.15, 0.2) is 118 Å². The second-order valence-corrected chi connectivity index (χ2v) is 71.3. The van der Waals surface area contributed by atoms with Crippen LogP contribution in [-0.2, 0) is 15.0 Å². The molecule has 0 spiro atoms. The van der Waals surface area contributed by atoms with Gasteiger partial charge in [-0.1, -0.05) is 0 Å². The Labute approximate surface area is 414 Å². The Morgan fingerprint density at radius 1 is 0.485 bits per heavy atom. The summed E-state index contributed by atoms with van der Waals surface area (Å²) in [6, 6.07) is 36.2. The fourth-order valence-corrected chi connectivity index (χ4v) is 45.8. The van der Waals surface area contributed by atoms with Crippen molar-refractivity contribution >= 4 is 93.8 Å². The van der Waals surface area contributed by atoms with Gasteiger partial charge >= 0.3 is 418 Å². The summed E-state index contributed by atoms with van der Waals surface area (Å²) >= 11 is -5.63. The van der Waals surface area contributed by atoms with Gasteiger partial charge in [-0.2, -0.15) is 0 Å². The van der Waals surface area contributed by atoms with E-state index in [1.165, 1.54) is 77.9 Å². The summed E-state index contributed by atoms with van der Waals surface area (Å²) in [6.45, 7) is 33.3. The van der Waals surface area contributed by atoms with Crippen LogP contribution < -0.4 is 10.4 Å². The van der Waals surface area contributed by atoms with Crippen LogP contribution in [0.25, 0.3) is 67.1 Å². The molecule has 0 N–H and O–H groups in total. The first-order valence-electron chi connectivity index (χ1n) is 24.3. The number of fused-ring (bicyclic) bond motifs is 4. The molecule has 0 amide bonds.